The number of nitrogens with zero attached hydrogens (tertiary/aromatic N) is 5. The van der Waals surface area contributed by atoms with Gasteiger partial charge in [0.1, 0.15) is 12.4 Å². The smallest absolute Gasteiger partial charge is 0.242 e. The van der Waals surface area contributed by atoms with Crippen LogP contribution in [0.1, 0.15) is 37.6 Å². The maximum absolute atomic E-state index is 13.3. The minimum absolute atomic E-state index is 0.126. The SMILES string of the molecule is C[C@H]1CCc2c(ccc3c2nc(CCn2cccn2)n3CC(=O)N(C)C2CCOCC2)N1. The molecule has 1 amide bonds. The predicted octanol–water partition coefficient (Wildman–Crippen LogP) is 2.86. The van der Waals surface area contributed by atoms with Crippen LogP contribution in [0.15, 0.2) is 30.6 Å². The van der Waals surface area contributed by atoms with Crippen LogP contribution in [0, 0.1) is 0 Å². The van der Waals surface area contributed by atoms with Crippen LogP contribution < -0.4 is 5.32 Å². The second-order valence-corrected chi connectivity index (χ2v) is 9.02. The quantitative estimate of drug-likeness (QED) is 0.643. The van der Waals surface area contributed by atoms with Crippen LogP contribution in [0.2, 0.25) is 0 Å². The first-order valence-corrected chi connectivity index (χ1v) is 11.7. The van der Waals surface area contributed by atoms with Crippen molar-refractivity contribution in [3.63, 3.8) is 0 Å². The van der Waals surface area contributed by atoms with Crippen molar-refractivity contribution in [3.8, 4) is 0 Å². The molecule has 1 N–H and O–H groups in total. The van der Waals surface area contributed by atoms with E-state index < -0.39 is 0 Å². The van der Waals surface area contributed by atoms with Crippen molar-refractivity contribution >= 4 is 22.6 Å². The summed E-state index contributed by atoms with van der Waals surface area (Å²) in [6, 6.07) is 6.91. The molecule has 0 aliphatic carbocycles. The van der Waals surface area contributed by atoms with Gasteiger partial charge >= 0.3 is 0 Å². The fraction of sp³-hybridized carbons (Fsp3) is 0.542. The van der Waals surface area contributed by atoms with E-state index in [2.05, 4.69) is 34.0 Å². The number of fused-ring (bicyclic) bond motifs is 3. The minimum Gasteiger partial charge on any atom is -0.382 e. The Morgan fingerprint density at radius 3 is 2.91 bits per heavy atom. The summed E-state index contributed by atoms with van der Waals surface area (Å²) in [5.74, 6) is 1.07. The number of hydrogen-bond acceptors (Lipinski definition) is 5. The third-order valence-electron chi connectivity index (χ3n) is 6.88. The zero-order valence-corrected chi connectivity index (χ0v) is 19.0. The number of hydrogen-bond donors (Lipinski definition) is 1. The number of imidazole rings is 1. The molecule has 2 aliphatic rings. The first-order valence-electron chi connectivity index (χ1n) is 11.7. The number of benzene rings is 1. The summed E-state index contributed by atoms with van der Waals surface area (Å²) in [7, 11) is 1.92. The lowest BCUT2D eigenvalue weighted by Crippen LogP contribution is -2.42. The molecule has 2 aromatic heterocycles. The first kappa shape index (κ1) is 21.0. The third-order valence-corrected chi connectivity index (χ3v) is 6.88. The maximum atomic E-state index is 13.3. The number of amides is 1. The number of aryl methyl sites for hydroxylation is 3. The number of nitrogens with one attached hydrogen (secondary N) is 1. The highest BCUT2D eigenvalue weighted by Crippen LogP contribution is 2.32. The molecule has 0 unspecified atom stereocenters. The van der Waals surface area contributed by atoms with E-state index in [-0.39, 0.29) is 11.9 Å². The number of carbonyl (C=O) groups excluding carboxylic acids is 1. The lowest BCUT2D eigenvalue weighted by atomic mass is 9.98. The molecule has 170 valence electrons. The first-order chi connectivity index (χ1) is 15.6. The fourth-order valence-corrected chi connectivity index (χ4v) is 4.92. The highest BCUT2D eigenvalue weighted by atomic mass is 16.5. The molecule has 4 heterocycles. The molecule has 0 saturated carbocycles. The maximum Gasteiger partial charge on any atom is 0.242 e. The van der Waals surface area contributed by atoms with Gasteiger partial charge in [-0.15, -0.1) is 0 Å². The number of likely N-dealkylation sites (N-methyl/N-ethyl adjacent to an activating group) is 1. The molecule has 2 aliphatic heterocycles. The van der Waals surface area contributed by atoms with Crippen molar-refractivity contribution in [3.05, 3.63) is 42.0 Å². The molecule has 0 radical (unpaired) electrons. The average Bonchev–Trinajstić information content (AvgIpc) is 3.45. The van der Waals surface area contributed by atoms with Crippen LogP contribution in [0.4, 0.5) is 5.69 Å². The Bertz CT molecular complexity index is 1080. The van der Waals surface area contributed by atoms with Crippen molar-refractivity contribution in [2.24, 2.45) is 0 Å². The van der Waals surface area contributed by atoms with E-state index in [1.54, 1.807) is 6.20 Å². The summed E-state index contributed by atoms with van der Waals surface area (Å²) in [6.45, 7) is 4.71. The van der Waals surface area contributed by atoms with Crippen molar-refractivity contribution in [2.45, 2.75) is 64.2 Å². The molecule has 32 heavy (non-hydrogen) atoms. The van der Waals surface area contributed by atoms with Crippen LogP contribution in [0.5, 0.6) is 0 Å². The van der Waals surface area contributed by atoms with Gasteiger partial charge in [-0.3, -0.25) is 9.48 Å². The molecule has 0 spiro atoms. The fourth-order valence-electron chi connectivity index (χ4n) is 4.92. The lowest BCUT2D eigenvalue weighted by molar-refractivity contribution is -0.134. The summed E-state index contributed by atoms with van der Waals surface area (Å²) in [5.41, 5.74) is 4.51. The van der Waals surface area contributed by atoms with E-state index in [4.69, 9.17) is 9.72 Å². The van der Waals surface area contributed by atoms with E-state index in [1.165, 1.54) is 11.3 Å². The summed E-state index contributed by atoms with van der Waals surface area (Å²) in [5, 5.41) is 7.91. The van der Waals surface area contributed by atoms with Crippen LogP contribution in [0.25, 0.3) is 11.0 Å². The van der Waals surface area contributed by atoms with E-state index in [9.17, 15) is 4.79 Å². The molecular weight excluding hydrogens is 404 g/mol. The summed E-state index contributed by atoms with van der Waals surface area (Å²) < 4.78 is 9.51. The van der Waals surface area contributed by atoms with E-state index >= 15 is 0 Å². The zero-order valence-electron chi connectivity index (χ0n) is 19.0. The Morgan fingerprint density at radius 2 is 2.12 bits per heavy atom. The lowest BCUT2D eigenvalue weighted by Gasteiger charge is -2.31. The molecule has 8 heteroatoms. The van der Waals surface area contributed by atoms with Gasteiger partial charge in [-0.25, -0.2) is 4.98 Å². The van der Waals surface area contributed by atoms with Gasteiger partial charge in [-0.2, -0.15) is 5.10 Å². The Kier molecular flexibility index (Phi) is 5.87. The average molecular weight is 437 g/mol. The predicted molar refractivity (Wildman–Crippen MR) is 124 cm³/mol. The molecule has 1 aromatic carbocycles. The topological polar surface area (TPSA) is 77.2 Å². The number of aromatic nitrogens is 4. The largest absolute Gasteiger partial charge is 0.382 e. The molecule has 1 atom stereocenters. The minimum atomic E-state index is 0.126. The molecular formula is C24H32N6O2. The van der Waals surface area contributed by atoms with Crippen LogP contribution in [-0.4, -0.2) is 62.5 Å². The van der Waals surface area contributed by atoms with Crippen LogP contribution in [0.3, 0.4) is 0 Å². The van der Waals surface area contributed by atoms with Crippen molar-refractivity contribution in [2.75, 3.05) is 25.6 Å². The second kappa shape index (κ2) is 8.94. The standard InChI is InChI=1S/C24H32N6O2/c1-17-4-5-19-20(26-17)6-7-21-24(19)27-22(8-13-29-12-3-11-25-29)30(21)16-23(31)28(2)18-9-14-32-15-10-18/h3,6-7,11-12,17-18,26H,4-5,8-10,13-16H2,1-2H3/t17-/m0/s1. The monoisotopic (exact) mass is 436 g/mol. The number of carbonyl (C=O) groups is 1. The zero-order chi connectivity index (χ0) is 22.1. The van der Waals surface area contributed by atoms with E-state index in [1.807, 2.05) is 28.9 Å². The van der Waals surface area contributed by atoms with Crippen LogP contribution in [-0.2, 0) is 35.5 Å². The Labute approximate surface area is 188 Å². The molecule has 5 rings (SSSR count). The van der Waals surface area contributed by atoms with Crippen molar-refractivity contribution in [1.82, 2.24) is 24.2 Å². The summed E-state index contributed by atoms with van der Waals surface area (Å²) in [6.07, 6.45) is 8.37. The number of rotatable bonds is 6. The van der Waals surface area contributed by atoms with Gasteiger partial charge < -0.3 is 19.5 Å². The van der Waals surface area contributed by atoms with Gasteiger partial charge in [-0.05, 0) is 50.8 Å². The number of ether oxygens (including phenoxy) is 1. The van der Waals surface area contributed by atoms with Crippen molar-refractivity contribution < 1.29 is 9.53 Å². The summed E-state index contributed by atoms with van der Waals surface area (Å²) in [4.78, 5) is 20.3. The Balaban J connectivity index is 1.46. The Morgan fingerprint density at radius 1 is 1.28 bits per heavy atom. The normalized spacial score (nSPS) is 19.0. The Hall–Kier alpha value is -2.87. The van der Waals surface area contributed by atoms with Gasteiger partial charge in [0.05, 0.1) is 11.0 Å². The molecule has 1 fully saturated rings. The second-order valence-electron chi connectivity index (χ2n) is 9.02. The van der Waals surface area contributed by atoms with Gasteiger partial charge in [0, 0.05) is 69.0 Å². The van der Waals surface area contributed by atoms with Crippen molar-refractivity contribution in [1.29, 1.82) is 0 Å². The van der Waals surface area contributed by atoms with E-state index in [0.29, 0.717) is 12.6 Å². The molecule has 8 nitrogen and oxygen atoms in total. The highest BCUT2D eigenvalue weighted by Gasteiger charge is 2.25. The summed E-state index contributed by atoms with van der Waals surface area (Å²) >= 11 is 0. The highest BCUT2D eigenvalue weighted by molar-refractivity contribution is 5.87. The van der Waals surface area contributed by atoms with Gasteiger partial charge in [0.25, 0.3) is 0 Å². The van der Waals surface area contributed by atoms with Crippen LogP contribution >= 0.6 is 0 Å². The number of anilines is 1. The van der Waals surface area contributed by atoms with Gasteiger partial charge in [0.2, 0.25) is 5.91 Å². The molecule has 1 saturated heterocycles. The van der Waals surface area contributed by atoms with Gasteiger partial charge in [-0.1, -0.05) is 0 Å². The van der Waals surface area contributed by atoms with E-state index in [0.717, 1.165) is 68.7 Å². The third kappa shape index (κ3) is 4.11. The van der Waals surface area contributed by atoms with Gasteiger partial charge in [0.15, 0.2) is 0 Å². The molecule has 0 bridgehead atoms. The molecule has 3 aromatic rings.